The van der Waals surface area contributed by atoms with Gasteiger partial charge in [0, 0.05) is 56.0 Å². The second-order valence-electron chi connectivity index (χ2n) is 9.54. The number of carbonyl (C=O) groups excluding carboxylic acids is 1. The highest BCUT2D eigenvalue weighted by molar-refractivity contribution is 5.94. The second kappa shape index (κ2) is 10.1. The van der Waals surface area contributed by atoms with Crippen LogP contribution in [0.3, 0.4) is 0 Å². The third-order valence-corrected chi connectivity index (χ3v) is 7.40. The van der Waals surface area contributed by atoms with Crippen LogP contribution in [0.2, 0.25) is 0 Å². The molecule has 0 unspecified atom stereocenters. The van der Waals surface area contributed by atoms with Crippen LogP contribution in [-0.2, 0) is 6.42 Å². The number of rotatable bonds is 6. The number of pyridine rings is 1. The van der Waals surface area contributed by atoms with Gasteiger partial charge in [-0.25, -0.2) is 9.37 Å². The number of aromatic nitrogens is 1. The number of hydrogen-bond acceptors (Lipinski definition) is 5. The van der Waals surface area contributed by atoms with Crippen LogP contribution in [0.1, 0.15) is 48.0 Å². The maximum Gasteiger partial charge on any atom is 0.251 e. The quantitative estimate of drug-likeness (QED) is 0.725. The molecule has 2 aliphatic heterocycles. The fourth-order valence-corrected chi connectivity index (χ4v) is 5.33. The van der Waals surface area contributed by atoms with Gasteiger partial charge in [0.25, 0.3) is 5.91 Å². The molecule has 0 spiro atoms. The highest BCUT2D eigenvalue weighted by Gasteiger charge is 2.26. The SMILES string of the molecule is O=C(NC1CCC(CCN2CCN(c3nccc4c3OCC4)CC2)CC1)c1ccc(F)cc1. The third kappa shape index (κ3) is 5.29. The molecule has 1 N–H and O–H groups in total. The topological polar surface area (TPSA) is 57.7 Å². The van der Waals surface area contributed by atoms with Crippen molar-refractivity contribution < 1.29 is 13.9 Å². The average Bonchev–Trinajstić information content (AvgIpc) is 3.34. The number of anilines is 1. The van der Waals surface area contributed by atoms with Gasteiger partial charge in [0.05, 0.1) is 6.61 Å². The Balaban J connectivity index is 1.02. The van der Waals surface area contributed by atoms with Gasteiger partial charge in [-0.2, -0.15) is 0 Å². The fourth-order valence-electron chi connectivity index (χ4n) is 5.33. The van der Waals surface area contributed by atoms with Crippen molar-refractivity contribution in [2.24, 2.45) is 5.92 Å². The van der Waals surface area contributed by atoms with Gasteiger partial charge in [0.15, 0.2) is 11.6 Å². The van der Waals surface area contributed by atoms with Crippen LogP contribution >= 0.6 is 0 Å². The predicted octanol–water partition coefficient (Wildman–Crippen LogP) is 3.66. The van der Waals surface area contributed by atoms with Crippen molar-refractivity contribution in [1.29, 1.82) is 0 Å². The van der Waals surface area contributed by atoms with E-state index < -0.39 is 0 Å². The molecule has 1 saturated carbocycles. The van der Waals surface area contributed by atoms with Crippen LogP contribution < -0.4 is 15.0 Å². The van der Waals surface area contributed by atoms with E-state index in [1.165, 1.54) is 24.1 Å². The molecule has 0 bridgehead atoms. The number of ether oxygens (including phenoxy) is 1. The molecule has 33 heavy (non-hydrogen) atoms. The molecule has 1 aliphatic carbocycles. The number of benzene rings is 1. The summed E-state index contributed by atoms with van der Waals surface area (Å²) in [5, 5.41) is 3.13. The first-order valence-electron chi connectivity index (χ1n) is 12.3. The minimum atomic E-state index is -0.317. The van der Waals surface area contributed by atoms with E-state index in [2.05, 4.69) is 26.2 Å². The van der Waals surface area contributed by atoms with Gasteiger partial charge in [-0.05, 0) is 74.9 Å². The van der Waals surface area contributed by atoms with Crippen LogP contribution in [0.5, 0.6) is 5.75 Å². The van der Waals surface area contributed by atoms with Gasteiger partial charge in [0.1, 0.15) is 5.82 Å². The number of hydrogen-bond donors (Lipinski definition) is 1. The molecule has 176 valence electrons. The Morgan fingerprint density at radius 1 is 1.06 bits per heavy atom. The molecular weight excluding hydrogens is 419 g/mol. The van der Waals surface area contributed by atoms with Crippen molar-refractivity contribution in [1.82, 2.24) is 15.2 Å². The third-order valence-electron chi connectivity index (χ3n) is 7.40. The lowest BCUT2D eigenvalue weighted by Gasteiger charge is -2.37. The molecule has 7 heteroatoms. The Morgan fingerprint density at radius 2 is 1.82 bits per heavy atom. The van der Waals surface area contributed by atoms with Crippen molar-refractivity contribution in [3.05, 3.63) is 53.5 Å². The van der Waals surface area contributed by atoms with Crippen molar-refractivity contribution >= 4 is 11.7 Å². The first kappa shape index (κ1) is 22.1. The molecule has 2 aromatic rings. The molecule has 0 radical (unpaired) electrons. The van der Waals surface area contributed by atoms with E-state index in [1.54, 1.807) is 12.1 Å². The number of amides is 1. The summed E-state index contributed by atoms with van der Waals surface area (Å²) < 4.78 is 18.9. The highest BCUT2D eigenvalue weighted by Crippen LogP contribution is 2.34. The molecule has 6 nitrogen and oxygen atoms in total. The smallest absolute Gasteiger partial charge is 0.251 e. The summed E-state index contributed by atoms with van der Waals surface area (Å²) in [6.45, 7) is 6.03. The Morgan fingerprint density at radius 3 is 2.58 bits per heavy atom. The summed E-state index contributed by atoms with van der Waals surface area (Å²) in [7, 11) is 0. The van der Waals surface area contributed by atoms with Crippen LogP contribution in [0, 0.1) is 11.7 Å². The summed E-state index contributed by atoms with van der Waals surface area (Å²) in [6.07, 6.45) is 8.49. The minimum absolute atomic E-state index is 0.0970. The van der Waals surface area contributed by atoms with Crippen molar-refractivity contribution in [2.75, 3.05) is 44.2 Å². The Hall–Kier alpha value is -2.67. The van der Waals surface area contributed by atoms with E-state index >= 15 is 0 Å². The molecule has 5 rings (SSSR count). The zero-order valence-electron chi connectivity index (χ0n) is 19.1. The summed E-state index contributed by atoms with van der Waals surface area (Å²) in [6, 6.07) is 8.06. The second-order valence-corrected chi connectivity index (χ2v) is 9.54. The van der Waals surface area contributed by atoms with E-state index in [9.17, 15) is 9.18 Å². The minimum Gasteiger partial charge on any atom is -0.489 e. The molecule has 1 saturated heterocycles. The number of carbonyl (C=O) groups is 1. The Labute approximate surface area is 195 Å². The van der Waals surface area contributed by atoms with E-state index in [4.69, 9.17) is 4.74 Å². The number of piperazine rings is 1. The Kier molecular flexibility index (Phi) is 6.76. The summed E-state index contributed by atoms with van der Waals surface area (Å²) in [5.41, 5.74) is 1.81. The fraction of sp³-hybridized carbons (Fsp3) is 0.538. The lowest BCUT2D eigenvalue weighted by Crippen LogP contribution is -2.47. The van der Waals surface area contributed by atoms with Crippen LogP contribution in [0.4, 0.5) is 10.2 Å². The normalized spacial score (nSPS) is 23.1. The van der Waals surface area contributed by atoms with Gasteiger partial charge in [0.2, 0.25) is 0 Å². The van der Waals surface area contributed by atoms with Crippen molar-refractivity contribution in [3.8, 4) is 5.75 Å². The number of fused-ring (bicyclic) bond motifs is 1. The number of nitrogens with zero attached hydrogens (tertiary/aromatic N) is 3. The zero-order chi connectivity index (χ0) is 22.6. The lowest BCUT2D eigenvalue weighted by molar-refractivity contribution is 0.0919. The van der Waals surface area contributed by atoms with Crippen molar-refractivity contribution in [2.45, 2.75) is 44.6 Å². The lowest BCUT2D eigenvalue weighted by atomic mass is 9.84. The number of nitrogens with one attached hydrogen (secondary N) is 1. The first-order chi connectivity index (χ1) is 16.2. The maximum absolute atomic E-state index is 13.1. The van der Waals surface area contributed by atoms with E-state index in [0.29, 0.717) is 5.56 Å². The van der Waals surface area contributed by atoms with Gasteiger partial charge >= 0.3 is 0 Å². The zero-order valence-corrected chi connectivity index (χ0v) is 19.1. The molecule has 1 aromatic heterocycles. The van der Waals surface area contributed by atoms with Gasteiger partial charge in [-0.3, -0.25) is 9.69 Å². The molecule has 0 atom stereocenters. The standard InChI is InChI=1S/C26H33FN4O2/c27-22-5-3-21(4-6-22)26(32)29-23-7-1-19(2-8-23)10-13-30-14-16-31(17-15-30)25-24-20(9-12-28-25)11-18-33-24/h3-6,9,12,19,23H,1-2,7-8,10-11,13-18H2,(H,29,32). The summed E-state index contributed by atoms with van der Waals surface area (Å²) in [4.78, 5) is 21.9. The van der Waals surface area contributed by atoms with Crippen LogP contribution in [-0.4, -0.2) is 61.2 Å². The first-order valence-corrected chi connectivity index (χ1v) is 12.3. The molecule has 2 fully saturated rings. The van der Waals surface area contributed by atoms with E-state index in [-0.39, 0.29) is 17.8 Å². The van der Waals surface area contributed by atoms with Crippen molar-refractivity contribution in [3.63, 3.8) is 0 Å². The monoisotopic (exact) mass is 452 g/mol. The Bertz CT molecular complexity index is 951. The van der Waals surface area contributed by atoms with Gasteiger partial charge < -0.3 is 15.0 Å². The molecule has 3 aliphatic rings. The summed E-state index contributed by atoms with van der Waals surface area (Å²) in [5.74, 6) is 2.33. The van der Waals surface area contributed by atoms with Crippen LogP contribution in [0.25, 0.3) is 0 Å². The highest BCUT2D eigenvalue weighted by atomic mass is 19.1. The predicted molar refractivity (Wildman–Crippen MR) is 126 cm³/mol. The van der Waals surface area contributed by atoms with Gasteiger partial charge in [-0.15, -0.1) is 0 Å². The van der Waals surface area contributed by atoms with E-state index in [1.807, 2.05) is 6.20 Å². The molecular formula is C26H33FN4O2. The maximum atomic E-state index is 13.1. The average molecular weight is 453 g/mol. The molecule has 1 amide bonds. The molecule has 3 heterocycles. The molecule has 1 aromatic carbocycles. The number of halogens is 1. The van der Waals surface area contributed by atoms with Crippen LogP contribution in [0.15, 0.2) is 36.5 Å². The summed E-state index contributed by atoms with van der Waals surface area (Å²) >= 11 is 0. The largest absolute Gasteiger partial charge is 0.489 e. The van der Waals surface area contributed by atoms with Gasteiger partial charge in [-0.1, -0.05) is 0 Å². The van der Waals surface area contributed by atoms with E-state index in [0.717, 1.165) is 88.9 Å².